The zero-order valence-corrected chi connectivity index (χ0v) is 13.3. The summed E-state index contributed by atoms with van der Waals surface area (Å²) in [5, 5.41) is 0. The van der Waals surface area contributed by atoms with Crippen LogP contribution in [0.2, 0.25) is 0 Å². The minimum atomic E-state index is -0.427. The third-order valence-corrected chi connectivity index (χ3v) is 4.99. The molecule has 0 N–H and O–H groups in total. The van der Waals surface area contributed by atoms with Crippen molar-refractivity contribution >= 4 is 0 Å². The molecule has 0 spiro atoms. The number of rotatable bonds is 4. The van der Waals surface area contributed by atoms with E-state index in [0.717, 1.165) is 17.0 Å². The predicted molar refractivity (Wildman–Crippen MR) is 89.2 cm³/mol. The first-order chi connectivity index (χ1) is 10.8. The van der Waals surface area contributed by atoms with Crippen LogP contribution in [0.4, 0.5) is 4.39 Å². The maximum absolute atomic E-state index is 12.9. The van der Waals surface area contributed by atoms with Crippen molar-refractivity contribution in [3.8, 4) is 11.1 Å². The van der Waals surface area contributed by atoms with Gasteiger partial charge in [-0.25, -0.2) is 4.98 Å². The highest BCUT2D eigenvalue weighted by molar-refractivity contribution is 5.62. The van der Waals surface area contributed by atoms with Crippen LogP contribution in [0.5, 0.6) is 0 Å². The van der Waals surface area contributed by atoms with Crippen LogP contribution in [-0.4, -0.2) is 4.98 Å². The molecule has 2 aromatic rings. The summed E-state index contributed by atoms with van der Waals surface area (Å²) < 4.78 is 12.9. The van der Waals surface area contributed by atoms with Gasteiger partial charge in [0, 0.05) is 11.8 Å². The number of benzene rings is 1. The molecule has 1 aliphatic carbocycles. The van der Waals surface area contributed by atoms with Gasteiger partial charge in [0.1, 0.15) is 0 Å². The SMILES string of the molecule is CCC[C@H]1CC[C@H](c2ccc(-c3ccc(F)nc3)cc2)CC1. The van der Waals surface area contributed by atoms with Crippen molar-refractivity contribution in [2.24, 2.45) is 5.92 Å². The van der Waals surface area contributed by atoms with E-state index in [0.29, 0.717) is 5.92 Å². The van der Waals surface area contributed by atoms with Gasteiger partial charge in [-0.1, -0.05) is 44.0 Å². The third-order valence-electron chi connectivity index (χ3n) is 4.99. The number of hydrogen-bond donors (Lipinski definition) is 0. The first-order valence-corrected chi connectivity index (χ1v) is 8.48. The Balaban J connectivity index is 1.66. The minimum Gasteiger partial charge on any atom is -0.228 e. The van der Waals surface area contributed by atoms with Crippen LogP contribution in [0.1, 0.15) is 56.9 Å². The number of hydrogen-bond acceptors (Lipinski definition) is 1. The van der Waals surface area contributed by atoms with E-state index in [-0.39, 0.29) is 0 Å². The average Bonchev–Trinajstić information content (AvgIpc) is 2.57. The Morgan fingerprint density at radius 2 is 1.64 bits per heavy atom. The summed E-state index contributed by atoms with van der Waals surface area (Å²) >= 11 is 0. The number of nitrogens with zero attached hydrogens (tertiary/aromatic N) is 1. The Kier molecular flexibility index (Phi) is 4.87. The van der Waals surface area contributed by atoms with Gasteiger partial charge in [-0.3, -0.25) is 0 Å². The van der Waals surface area contributed by atoms with E-state index in [1.54, 1.807) is 12.3 Å². The molecule has 1 aromatic carbocycles. The van der Waals surface area contributed by atoms with E-state index in [1.807, 2.05) is 0 Å². The third kappa shape index (κ3) is 3.55. The molecule has 1 fully saturated rings. The molecule has 3 rings (SSSR count). The topological polar surface area (TPSA) is 12.9 Å². The quantitative estimate of drug-likeness (QED) is 0.634. The Morgan fingerprint density at radius 1 is 0.955 bits per heavy atom. The minimum absolute atomic E-state index is 0.427. The van der Waals surface area contributed by atoms with Crippen LogP contribution in [0.3, 0.4) is 0 Å². The Morgan fingerprint density at radius 3 is 2.23 bits per heavy atom. The summed E-state index contributed by atoms with van der Waals surface area (Å²) in [6, 6.07) is 12.0. The molecule has 22 heavy (non-hydrogen) atoms. The maximum Gasteiger partial charge on any atom is 0.212 e. The van der Waals surface area contributed by atoms with Gasteiger partial charge in [-0.2, -0.15) is 4.39 Å². The lowest BCUT2D eigenvalue weighted by Crippen LogP contribution is -2.13. The van der Waals surface area contributed by atoms with Gasteiger partial charge in [0.25, 0.3) is 0 Å². The molecule has 0 atom stereocenters. The number of halogens is 1. The van der Waals surface area contributed by atoms with Gasteiger partial charge >= 0.3 is 0 Å². The largest absolute Gasteiger partial charge is 0.228 e. The fourth-order valence-corrected chi connectivity index (χ4v) is 3.69. The molecule has 0 bridgehead atoms. The summed E-state index contributed by atoms with van der Waals surface area (Å²) in [5.41, 5.74) is 3.53. The van der Waals surface area contributed by atoms with Gasteiger partial charge in [0.05, 0.1) is 0 Å². The lowest BCUT2D eigenvalue weighted by molar-refractivity contribution is 0.308. The molecular formula is C20H24FN. The second-order valence-electron chi connectivity index (χ2n) is 6.50. The van der Waals surface area contributed by atoms with Crippen molar-refractivity contribution in [3.05, 3.63) is 54.1 Å². The first kappa shape index (κ1) is 15.2. The molecule has 2 heteroatoms. The maximum atomic E-state index is 12.9. The molecule has 1 saturated carbocycles. The first-order valence-electron chi connectivity index (χ1n) is 8.48. The lowest BCUT2D eigenvalue weighted by atomic mass is 9.77. The monoisotopic (exact) mass is 297 g/mol. The fraction of sp³-hybridized carbons (Fsp3) is 0.450. The van der Waals surface area contributed by atoms with Crippen molar-refractivity contribution < 1.29 is 4.39 Å². The van der Waals surface area contributed by atoms with E-state index >= 15 is 0 Å². The highest BCUT2D eigenvalue weighted by Gasteiger charge is 2.21. The molecule has 116 valence electrons. The molecular weight excluding hydrogens is 273 g/mol. The zero-order chi connectivity index (χ0) is 15.4. The van der Waals surface area contributed by atoms with Crippen molar-refractivity contribution in [2.45, 2.75) is 51.4 Å². The smallest absolute Gasteiger partial charge is 0.212 e. The summed E-state index contributed by atoms with van der Waals surface area (Å²) in [7, 11) is 0. The van der Waals surface area contributed by atoms with Gasteiger partial charge in [-0.15, -0.1) is 0 Å². The van der Waals surface area contributed by atoms with Crippen molar-refractivity contribution in [2.75, 3.05) is 0 Å². The molecule has 1 aliphatic rings. The molecule has 0 aliphatic heterocycles. The average molecular weight is 297 g/mol. The standard InChI is InChI=1S/C20H24FN/c1-2-3-15-4-6-16(7-5-15)17-8-10-18(11-9-17)19-12-13-20(21)22-14-19/h8-16H,2-7H2,1H3/t15-,16-. The van der Waals surface area contributed by atoms with Gasteiger partial charge in [-0.05, 0) is 60.8 Å². The van der Waals surface area contributed by atoms with E-state index < -0.39 is 5.95 Å². The molecule has 1 aromatic heterocycles. The summed E-state index contributed by atoms with van der Waals surface area (Å²) in [5.74, 6) is 1.24. The summed E-state index contributed by atoms with van der Waals surface area (Å²) in [6.45, 7) is 2.29. The molecule has 1 nitrogen and oxygen atoms in total. The predicted octanol–water partition coefficient (Wildman–Crippen LogP) is 5.96. The van der Waals surface area contributed by atoms with E-state index in [9.17, 15) is 4.39 Å². The second kappa shape index (κ2) is 7.04. The zero-order valence-electron chi connectivity index (χ0n) is 13.3. The van der Waals surface area contributed by atoms with E-state index in [2.05, 4.69) is 36.2 Å². The van der Waals surface area contributed by atoms with Gasteiger partial charge in [0.2, 0.25) is 5.95 Å². The highest BCUT2D eigenvalue weighted by atomic mass is 19.1. The highest BCUT2D eigenvalue weighted by Crippen LogP contribution is 2.37. The molecule has 0 amide bonds. The number of pyridine rings is 1. The molecule has 0 saturated heterocycles. The second-order valence-corrected chi connectivity index (χ2v) is 6.50. The summed E-state index contributed by atoms with van der Waals surface area (Å²) in [4.78, 5) is 3.73. The molecule has 0 radical (unpaired) electrons. The van der Waals surface area contributed by atoms with Crippen LogP contribution in [0.15, 0.2) is 42.6 Å². The van der Waals surface area contributed by atoms with Gasteiger partial charge < -0.3 is 0 Å². The van der Waals surface area contributed by atoms with E-state index in [4.69, 9.17) is 0 Å². The van der Waals surface area contributed by atoms with Crippen LogP contribution < -0.4 is 0 Å². The molecule has 0 unspecified atom stereocenters. The fourth-order valence-electron chi connectivity index (χ4n) is 3.69. The van der Waals surface area contributed by atoms with Crippen molar-refractivity contribution in [1.82, 2.24) is 4.98 Å². The normalized spacial score (nSPS) is 21.7. The van der Waals surface area contributed by atoms with Crippen LogP contribution in [0.25, 0.3) is 11.1 Å². The van der Waals surface area contributed by atoms with Crippen molar-refractivity contribution in [3.63, 3.8) is 0 Å². The lowest BCUT2D eigenvalue weighted by Gasteiger charge is -2.28. The Labute approximate surface area is 132 Å². The summed E-state index contributed by atoms with van der Waals surface area (Å²) in [6.07, 6.45) is 9.70. The van der Waals surface area contributed by atoms with Gasteiger partial charge in [0.15, 0.2) is 0 Å². The van der Waals surface area contributed by atoms with Crippen LogP contribution in [0, 0.1) is 11.9 Å². The Bertz CT molecular complexity index is 580. The van der Waals surface area contributed by atoms with Crippen LogP contribution in [-0.2, 0) is 0 Å². The molecule has 1 heterocycles. The van der Waals surface area contributed by atoms with Crippen LogP contribution >= 0.6 is 0 Å². The van der Waals surface area contributed by atoms with E-state index in [1.165, 1.54) is 50.2 Å². The Hall–Kier alpha value is -1.70. The van der Waals surface area contributed by atoms with Crippen molar-refractivity contribution in [1.29, 1.82) is 0 Å². The number of aromatic nitrogens is 1.